The van der Waals surface area contributed by atoms with Crippen molar-refractivity contribution in [3.8, 4) is 0 Å². The minimum Gasteiger partial charge on any atom is -0.349 e. The Bertz CT molecular complexity index is 1210. The van der Waals surface area contributed by atoms with Gasteiger partial charge in [-0.2, -0.15) is 0 Å². The van der Waals surface area contributed by atoms with Crippen LogP contribution in [0.5, 0.6) is 0 Å². The van der Waals surface area contributed by atoms with Gasteiger partial charge in [-0.05, 0) is 33.1 Å². The predicted molar refractivity (Wildman–Crippen MR) is 119 cm³/mol. The Balaban J connectivity index is 1.69. The highest BCUT2D eigenvalue weighted by Crippen LogP contribution is 2.37. The molecule has 1 aliphatic heterocycles. The number of fused-ring (bicyclic) bond motifs is 1. The van der Waals surface area contributed by atoms with Gasteiger partial charge < -0.3 is 10.3 Å². The van der Waals surface area contributed by atoms with Crippen molar-refractivity contribution in [2.75, 3.05) is 0 Å². The van der Waals surface area contributed by atoms with Crippen LogP contribution in [0.15, 0.2) is 94.5 Å². The van der Waals surface area contributed by atoms with E-state index in [4.69, 9.17) is 4.99 Å². The lowest BCUT2D eigenvalue weighted by Crippen LogP contribution is -2.42. The van der Waals surface area contributed by atoms with Crippen LogP contribution in [0.4, 0.5) is 0 Å². The van der Waals surface area contributed by atoms with E-state index in [1.54, 1.807) is 0 Å². The van der Waals surface area contributed by atoms with Crippen molar-refractivity contribution < 1.29 is 4.79 Å². The summed E-state index contributed by atoms with van der Waals surface area (Å²) in [7, 11) is 0. The number of carbonyl (C=O) groups excluding carboxylic acids is 1. The maximum atomic E-state index is 13.2. The molecule has 0 saturated carbocycles. The Morgan fingerprint density at radius 2 is 1.41 bits per heavy atom. The second-order valence-electron chi connectivity index (χ2n) is 7.05. The Hall–Kier alpha value is -3.18. The van der Waals surface area contributed by atoms with Crippen molar-refractivity contribution in [3.63, 3.8) is 0 Å². The average Bonchev–Trinajstić information content (AvgIpc) is 3.10. The summed E-state index contributed by atoms with van der Waals surface area (Å²) >= 11 is 3.59. The molecule has 2 N–H and O–H groups in total. The predicted octanol–water partition coefficient (Wildman–Crippen LogP) is 5.33. The number of hydrogen-bond donors (Lipinski definition) is 2. The largest absolute Gasteiger partial charge is 0.349 e. The van der Waals surface area contributed by atoms with Gasteiger partial charge >= 0.3 is 0 Å². The van der Waals surface area contributed by atoms with Gasteiger partial charge in [0.1, 0.15) is 11.8 Å². The van der Waals surface area contributed by atoms with E-state index in [0.29, 0.717) is 5.71 Å². The highest BCUT2D eigenvalue weighted by Gasteiger charge is 2.35. The minimum atomic E-state index is -0.223. The molecule has 4 aromatic rings. The monoisotopic (exact) mass is 443 g/mol. The zero-order valence-corrected chi connectivity index (χ0v) is 17.1. The molecule has 2 heterocycles. The number of carbonyl (C=O) groups is 1. The molecular weight excluding hydrogens is 426 g/mol. The van der Waals surface area contributed by atoms with Gasteiger partial charge in [0, 0.05) is 16.5 Å². The van der Waals surface area contributed by atoms with E-state index >= 15 is 0 Å². The van der Waals surface area contributed by atoms with Gasteiger partial charge in [0.25, 0.3) is 5.91 Å². The topological polar surface area (TPSA) is 57.2 Å². The number of H-pyrrole nitrogens is 1. The third-order valence-corrected chi connectivity index (χ3v) is 5.88. The molecule has 0 spiro atoms. The van der Waals surface area contributed by atoms with Crippen LogP contribution in [-0.2, 0) is 4.79 Å². The smallest absolute Gasteiger partial charge is 0.270 e. The number of aromatic nitrogens is 1. The molecule has 0 saturated heterocycles. The first-order valence-electron chi connectivity index (χ1n) is 9.47. The summed E-state index contributed by atoms with van der Waals surface area (Å²) in [6.07, 6.45) is 0. The quantitative estimate of drug-likeness (QED) is 0.441. The summed E-state index contributed by atoms with van der Waals surface area (Å²) in [6.45, 7) is 0. The summed E-state index contributed by atoms with van der Waals surface area (Å²) in [5.74, 6) is -0.170. The van der Waals surface area contributed by atoms with Gasteiger partial charge in [-0.15, -0.1) is 0 Å². The zero-order valence-electron chi connectivity index (χ0n) is 15.5. The molecule has 0 fully saturated rings. The SMILES string of the molecule is O=C1N[C@@H](c2ccccc2)[C@H](c2ccccc2)N=C1c1c(Br)[nH]c2ccccc12. The standard InChI is InChI=1S/C24H18BrN3O/c25-23-19(17-13-7-8-14-18(17)26-23)22-24(29)28-21(16-11-5-2-6-12-16)20(27-22)15-9-3-1-4-10-15/h1-14,20-21,26H,(H,28,29)/t20-,21-/m0/s1. The number of nitrogens with one attached hydrogen (secondary N) is 2. The van der Waals surface area contributed by atoms with Crippen molar-refractivity contribution >= 4 is 38.5 Å². The highest BCUT2D eigenvalue weighted by atomic mass is 79.9. The number of aliphatic imine (C=N–C) groups is 1. The van der Waals surface area contributed by atoms with Crippen LogP contribution in [0.25, 0.3) is 10.9 Å². The summed E-state index contributed by atoms with van der Waals surface area (Å²) < 4.78 is 0.762. The van der Waals surface area contributed by atoms with E-state index in [-0.39, 0.29) is 18.0 Å². The third-order valence-electron chi connectivity index (χ3n) is 5.28. The molecule has 0 bridgehead atoms. The molecule has 5 rings (SSSR count). The summed E-state index contributed by atoms with van der Waals surface area (Å²) in [6, 6.07) is 27.6. The summed E-state index contributed by atoms with van der Waals surface area (Å²) in [5, 5.41) is 4.18. The van der Waals surface area contributed by atoms with Crippen LogP contribution in [0.3, 0.4) is 0 Å². The van der Waals surface area contributed by atoms with E-state index in [1.165, 1.54) is 0 Å². The van der Waals surface area contributed by atoms with Crippen LogP contribution in [-0.4, -0.2) is 16.6 Å². The summed E-state index contributed by atoms with van der Waals surface area (Å²) in [4.78, 5) is 21.5. The van der Waals surface area contributed by atoms with Crippen molar-refractivity contribution in [2.45, 2.75) is 12.1 Å². The molecule has 1 aliphatic rings. The van der Waals surface area contributed by atoms with Gasteiger partial charge in [-0.25, -0.2) is 0 Å². The molecule has 0 unspecified atom stereocenters. The van der Waals surface area contributed by atoms with Gasteiger partial charge in [-0.1, -0.05) is 78.9 Å². The number of rotatable bonds is 3. The fraction of sp³-hybridized carbons (Fsp3) is 0.0833. The van der Waals surface area contributed by atoms with Gasteiger partial charge in [0.2, 0.25) is 0 Å². The van der Waals surface area contributed by atoms with Crippen LogP contribution < -0.4 is 5.32 Å². The Morgan fingerprint density at radius 3 is 2.14 bits per heavy atom. The molecule has 29 heavy (non-hydrogen) atoms. The van der Waals surface area contributed by atoms with Gasteiger partial charge in [-0.3, -0.25) is 9.79 Å². The molecular formula is C24H18BrN3O. The van der Waals surface area contributed by atoms with Crippen molar-refractivity contribution in [1.29, 1.82) is 0 Å². The molecule has 1 amide bonds. The number of benzene rings is 3. The molecule has 5 heteroatoms. The number of halogens is 1. The van der Waals surface area contributed by atoms with Crippen LogP contribution in [0.1, 0.15) is 28.8 Å². The minimum absolute atomic E-state index is 0.170. The third kappa shape index (κ3) is 3.17. The number of amides is 1. The fourth-order valence-corrected chi connectivity index (χ4v) is 4.54. The van der Waals surface area contributed by atoms with Crippen LogP contribution >= 0.6 is 15.9 Å². The molecule has 0 aliphatic carbocycles. The normalized spacial score (nSPS) is 19.1. The van der Waals surface area contributed by atoms with E-state index < -0.39 is 0 Å². The van der Waals surface area contributed by atoms with Gasteiger partial charge in [0.15, 0.2) is 0 Å². The van der Waals surface area contributed by atoms with Crippen LogP contribution in [0.2, 0.25) is 0 Å². The Kier molecular flexibility index (Phi) is 4.52. The first kappa shape index (κ1) is 17.9. The lowest BCUT2D eigenvalue weighted by molar-refractivity contribution is -0.116. The fourth-order valence-electron chi connectivity index (χ4n) is 3.92. The molecule has 2 atom stereocenters. The Morgan fingerprint density at radius 1 is 0.793 bits per heavy atom. The maximum Gasteiger partial charge on any atom is 0.270 e. The lowest BCUT2D eigenvalue weighted by atomic mass is 9.91. The number of hydrogen-bond acceptors (Lipinski definition) is 2. The zero-order chi connectivity index (χ0) is 19.8. The summed E-state index contributed by atoms with van der Waals surface area (Å²) in [5.41, 5.74) is 4.30. The van der Waals surface area contributed by atoms with E-state index in [0.717, 1.165) is 32.2 Å². The molecule has 3 aromatic carbocycles. The van der Waals surface area contributed by atoms with E-state index in [1.807, 2.05) is 72.8 Å². The average molecular weight is 444 g/mol. The van der Waals surface area contributed by atoms with Crippen molar-refractivity contribution in [1.82, 2.24) is 10.3 Å². The molecule has 4 nitrogen and oxygen atoms in total. The second-order valence-corrected chi connectivity index (χ2v) is 7.85. The molecule has 0 radical (unpaired) electrons. The lowest BCUT2D eigenvalue weighted by Gasteiger charge is -2.31. The van der Waals surface area contributed by atoms with E-state index in [9.17, 15) is 4.79 Å². The molecule has 1 aromatic heterocycles. The van der Waals surface area contributed by atoms with Crippen LogP contribution in [0, 0.1) is 0 Å². The van der Waals surface area contributed by atoms with Gasteiger partial charge in [0.05, 0.1) is 10.6 Å². The first-order valence-corrected chi connectivity index (χ1v) is 10.3. The number of para-hydroxylation sites is 1. The van der Waals surface area contributed by atoms with Crippen molar-refractivity contribution in [3.05, 3.63) is 106 Å². The maximum absolute atomic E-state index is 13.2. The van der Waals surface area contributed by atoms with Crippen molar-refractivity contribution in [2.24, 2.45) is 4.99 Å². The number of aromatic amines is 1. The van der Waals surface area contributed by atoms with E-state index in [2.05, 4.69) is 38.4 Å². The number of nitrogens with zero attached hydrogens (tertiary/aromatic N) is 1. The second kappa shape index (κ2) is 7.33. The Labute approximate surface area is 176 Å². The molecule has 142 valence electrons. The first-order chi connectivity index (χ1) is 14.2. The highest BCUT2D eigenvalue weighted by molar-refractivity contribution is 9.10.